The standard InChI is InChI=1S/C15H24N6O/c1-5-21(6-2)8-7-16-15(22)18-12-9-13-11(3)19-20(4)14(13)17-10-12/h9-10H,5-8H2,1-4H3,(H2,16,18,22). The number of hydrogen-bond acceptors (Lipinski definition) is 4. The van der Waals surface area contributed by atoms with Gasteiger partial charge in [-0.05, 0) is 26.1 Å². The summed E-state index contributed by atoms with van der Waals surface area (Å²) in [4.78, 5) is 18.5. The Morgan fingerprint density at radius 3 is 2.77 bits per heavy atom. The van der Waals surface area contributed by atoms with Gasteiger partial charge in [0.25, 0.3) is 0 Å². The van der Waals surface area contributed by atoms with E-state index in [-0.39, 0.29) is 6.03 Å². The van der Waals surface area contributed by atoms with Gasteiger partial charge < -0.3 is 15.5 Å². The van der Waals surface area contributed by atoms with E-state index in [4.69, 9.17) is 0 Å². The molecule has 0 atom stereocenters. The van der Waals surface area contributed by atoms with Gasteiger partial charge in [0.2, 0.25) is 0 Å². The molecule has 7 nitrogen and oxygen atoms in total. The van der Waals surface area contributed by atoms with Gasteiger partial charge >= 0.3 is 6.03 Å². The number of urea groups is 1. The molecule has 2 aromatic heterocycles. The fourth-order valence-corrected chi connectivity index (χ4v) is 2.42. The first-order valence-electron chi connectivity index (χ1n) is 7.61. The number of carbonyl (C=O) groups is 1. The van der Waals surface area contributed by atoms with Gasteiger partial charge in [0.15, 0.2) is 5.65 Å². The summed E-state index contributed by atoms with van der Waals surface area (Å²) in [6.45, 7) is 9.59. The predicted molar refractivity (Wildman–Crippen MR) is 88.1 cm³/mol. The molecule has 2 heterocycles. The Balaban J connectivity index is 1.93. The first-order chi connectivity index (χ1) is 10.5. The zero-order chi connectivity index (χ0) is 16.1. The first-order valence-corrected chi connectivity index (χ1v) is 7.61. The molecular weight excluding hydrogens is 280 g/mol. The molecule has 2 aromatic rings. The Morgan fingerprint density at radius 1 is 1.36 bits per heavy atom. The average Bonchev–Trinajstić information content (AvgIpc) is 2.78. The molecule has 0 radical (unpaired) electrons. The van der Waals surface area contributed by atoms with Gasteiger partial charge in [-0.2, -0.15) is 5.10 Å². The fraction of sp³-hybridized carbons (Fsp3) is 0.533. The van der Waals surface area contributed by atoms with Crippen LogP contribution in [-0.4, -0.2) is 51.9 Å². The number of hydrogen-bond donors (Lipinski definition) is 2. The zero-order valence-corrected chi connectivity index (χ0v) is 13.7. The number of nitrogens with one attached hydrogen (secondary N) is 2. The van der Waals surface area contributed by atoms with E-state index < -0.39 is 0 Å². The normalized spacial score (nSPS) is 11.1. The molecular formula is C15H24N6O. The molecule has 0 bridgehead atoms. The lowest BCUT2D eigenvalue weighted by Gasteiger charge is -2.18. The Labute approximate surface area is 130 Å². The number of pyridine rings is 1. The zero-order valence-electron chi connectivity index (χ0n) is 13.7. The van der Waals surface area contributed by atoms with Crippen LogP contribution in [0.4, 0.5) is 10.5 Å². The van der Waals surface area contributed by atoms with Gasteiger partial charge in [-0.15, -0.1) is 0 Å². The van der Waals surface area contributed by atoms with E-state index >= 15 is 0 Å². The Morgan fingerprint density at radius 2 is 2.09 bits per heavy atom. The SMILES string of the molecule is CCN(CC)CCNC(=O)Nc1cnc2c(c1)c(C)nn2C. The summed E-state index contributed by atoms with van der Waals surface area (Å²) < 4.78 is 1.73. The largest absolute Gasteiger partial charge is 0.337 e. The smallest absolute Gasteiger partial charge is 0.319 e. The highest BCUT2D eigenvalue weighted by Crippen LogP contribution is 2.18. The molecule has 0 aliphatic carbocycles. The Bertz CT molecular complexity index is 647. The van der Waals surface area contributed by atoms with Crippen molar-refractivity contribution in [1.29, 1.82) is 0 Å². The highest BCUT2D eigenvalue weighted by molar-refractivity contribution is 5.91. The molecule has 0 saturated heterocycles. The van der Waals surface area contributed by atoms with Crippen molar-refractivity contribution in [1.82, 2.24) is 25.0 Å². The summed E-state index contributed by atoms with van der Waals surface area (Å²) >= 11 is 0. The third-order valence-corrected chi connectivity index (χ3v) is 3.73. The Kier molecular flexibility index (Phi) is 5.32. The fourth-order valence-electron chi connectivity index (χ4n) is 2.42. The quantitative estimate of drug-likeness (QED) is 0.852. The van der Waals surface area contributed by atoms with Gasteiger partial charge in [0.05, 0.1) is 17.6 Å². The van der Waals surface area contributed by atoms with Crippen molar-refractivity contribution in [3.05, 3.63) is 18.0 Å². The van der Waals surface area contributed by atoms with Crippen LogP contribution in [-0.2, 0) is 7.05 Å². The second kappa shape index (κ2) is 7.22. The van der Waals surface area contributed by atoms with Crippen molar-refractivity contribution in [2.45, 2.75) is 20.8 Å². The number of nitrogens with zero attached hydrogens (tertiary/aromatic N) is 4. The molecule has 2 N–H and O–H groups in total. The third kappa shape index (κ3) is 3.73. The number of amides is 2. The minimum absolute atomic E-state index is 0.213. The maximum Gasteiger partial charge on any atom is 0.319 e. The summed E-state index contributed by atoms with van der Waals surface area (Å²) in [5, 5.41) is 10.9. The van der Waals surface area contributed by atoms with Crippen LogP contribution < -0.4 is 10.6 Å². The molecule has 0 aromatic carbocycles. The van der Waals surface area contributed by atoms with E-state index in [1.54, 1.807) is 10.9 Å². The van der Waals surface area contributed by atoms with Crippen LogP contribution in [0.1, 0.15) is 19.5 Å². The van der Waals surface area contributed by atoms with Crippen molar-refractivity contribution in [2.75, 3.05) is 31.5 Å². The number of rotatable bonds is 6. The third-order valence-electron chi connectivity index (χ3n) is 3.73. The van der Waals surface area contributed by atoms with Crippen LogP contribution >= 0.6 is 0 Å². The number of aromatic nitrogens is 3. The van der Waals surface area contributed by atoms with E-state index in [0.717, 1.165) is 36.4 Å². The van der Waals surface area contributed by atoms with E-state index in [2.05, 4.69) is 39.5 Å². The van der Waals surface area contributed by atoms with Crippen LogP contribution in [0, 0.1) is 6.92 Å². The van der Waals surface area contributed by atoms with Crippen LogP contribution in [0.2, 0.25) is 0 Å². The van der Waals surface area contributed by atoms with E-state index in [0.29, 0.717) is 12.2 Å². The second-order valence-corrected chi connectivity index (χ2v) is 5.21. The predicted octanol–water partition coefficient (Wildman–Crippen LogP) is 1.74. The van der Waals surface area contributed by atoms with Crippen LogP contribution in [0.25, 0.3) is 11.0 Å². The second-order valence-electron chi connectivity index (χ2n) is 5.21. The van der Waals surface area contributed by atoms with E-state index in [1.807, 2.05) is 20.0 Å². The molecule has 2 rings (SSSR count). The molecule has 0 unspecified atom stereocenters. The van der Waals surface area contributed by atoms with Crippen molar-refractivity contribution in [3.8, 4) is 0 Å². The van der Waals surface area contributed by atoms with E-state index in [1.165, 1.54) is 0 Å². The highest BCUT2D eigenvalue weighted by atomic mass is 16.2. The average molecular weight is 304 g/mol. The molecule has 120 valence electrons. The molecule has 0 fully saturated rings. The molecule has 0 aliphatic heterocycles. The molecule has 0 spiro atoms. The van der Waals surface area contributed by atoms with Gasteiger partial charge in [0.1, 0.15) is 0 Å². The summed E-state index contributed by atoms with van der Waals surface area (Å²) in [7, 11) is 1.86. The maximum absolute atomic E-state index is 11.9. The van der Waals surface area contributed by atoms with Crippen molar-refractivity contribution in [3.63, 3.8) is 0 Å². The number of anilines is 1. The summed E-state index contributed by atoms with van der Waals surface area (Å²) in [5.74, 6) is 0. The summed E-state index contributed by atoms with van der Waals surface area (Å²) in [6, 6.07) is 1.68. The minimum atomic E-state index is -0.213. The minimum Gasteiger partial charge on any atom is -0.337 e. The van der Waals surface area contributed by atoms with Crippen LogP contribution in [0.15, 0.2) is 12.3 Å². The lowest BCUT2D eigenvalue weighted by molar-refractivity contribution is 0.248. The van der Waals surface area contributed by atoms with Crippen LogP contribution in [0.3, 0.4) is 0 Å². The molecule has 2 amide bonds. The topological polar surface area (TPSA) is 75.1 Å². The highest BCUT2D eigenvalue weighted by Gasteiger charge is 2.09. The Hall–Kier alpha value is -2.15. The van der Waals surface area contributed by atoms with E-state index in [9.17, 15) is 4.79 Å². The molecule has 22 heavy (non-hydrogen) atoms. The number of likely N-dealkylation sites (N-methyl/N-ethyl adjacent to an activating group) is 1. The monoisotopic (exact) mass is 304 g/mol. The van der Waals surface area contributed by atoms with Crippen molar-refractivity contribution < 1.29 is 4.79 Å². The maximum atomic E-state index is 11.9. The van der Waals surface area contributed by atoms with Gasteiger partial charge in [-0.3, -0.25) is 4.68 Å². The summed E-state index contributed by atoms with van der Waals surface area (Å²) in [5.41, 5.74) is 2.38. The molecule has 7 heteroatoms. The number of carbonyl (C=O) groups excluding carboxylic acids is 1. The molecule has 0 saturated carbocycles. The number of fused-ring (bicyclic) bond motifs is 1. The lowest BCUT2D eigenvalue weighted by atomic mass is 10.2. The van der Waals surface area contributed by atoms with Gasteiger partial charge in [-0.25, -0.2) is 9.78 Å². The summed E-state index contributed by atoms with van der Waals surface area (Å²) in [6.07, 6.45) is 1.65. The molecule has 0 aliphatic rings. The lowest BCUT2D eigenvalue weighted by Crippen LogP contribution is -2.36. The van der Waals surface area contributed by atoms with Gasteiger partial charge in [0, 0.05) is 25.5 Å². The van der Waals surface area contributed by atoms with Crippen LogP contribution in [0.5, 0.6) is 0 Å². The first kappa shape index (κ1) is 16.2. The van der Waals surface area contributed by atoms with Gasteiger partial charge in [-0.1, -0.05) is 13.8 Å². The number of aryl methyl sites for hydroxylation is 2. The van der Waals surface area contributed by atoms with Crippen molar-refractivity contribution in [2.24, 2.45) is 7.05 Å². The van der Waals surface area contributed by atoms with Crippen molar-refractivity contribution >= 4 is 22.8 Å².